The van der Waals surface area contributed by atoms with Crippen LogP contribution in [0.4, 0.5) is 11.5 Å². The van der Waals surface area contributed by atoms with Gasteiger partial charge in [0.05, 0.1) is 30.5 Å². The molecule has 2 aromatic heterocycles. The molecule has 0 aliphatic heterocycles. The Morgan fingerprint density at radius 1 is 1.19 bits per heavy atom. The molecule has 8 nitrogen and oxygen atoms in total. The molecule has 1 amide bonds. The second kappa shape index (κ2) is 9.57. The highest BCUT2D eigenvalue weighted by molar-refractivity contribution is 7.09. The number of carbonyl (C=O) groups excluding carboxylic acids is 2. The van der Waals surface area contributed by atoms with Crippen LogP contribution < -0.4 is 15.4 Å². The number of amides is 1. The quantitative estimate of drug-likeness (QED) is 0.492. The summed E-state index contributed by atoms with van der Waals surface area (Å²) in [6, 6.07) is 11.2. The Kier molecular flexibility index (Phi) is 6.42. The van der Waals surface area contributed by atoms with Crippen molar-refractivity contribution in [1.29, 1.82) is 0 Å². The number of ether oxygens (including phenoxy) is 2. The van der Waals surface area contributed by atoms with Gasteiger partial charge >= 0.3 is 5.97 Å². The number of nitrogens with zero attached hydrogens (tertiary/aromatic N) is 2. The number of aromatic nitrogens is 2. The van der Waals surface area contributed by atoms with Crippen LogP contribution in [-0.2, 0) is 22.6 Å². The number of esters is 1. The number of anilines is 2. The summed E-state index contributed by atoms with van der Waals surface area (Å²) in [6.07, 6.45) is 3.93. The van der Waals surface area contributed by atoms with Crippen molar-refractivity contribution in [2.45, 2.75) is 31.9 Å². The topological polar surface area (TPSA) is 102 Å². The highest BCUT2D eigenvalue weighted by Crippen LogP contribution is 2.24. The van der Waals surface area contributed by atoms with Gasteiger partial charge < -0.3 is 20.1 Å². The Bertz CT molecular complexity index is 1060. The highest BCUT2D eigenvalue weighted by atomic mass is 32.1. The molecule has 1 aliphatic rings. The smallest absolute Gasteiger partial charge is 0.340 e. The zero-order valence-electron chi connectivity index (χ0n) is 17.0. The molecule has 0 saturated heterocycles. The molecular formula is C22H22N4O4S. The Morgan fingerprint density at radius 3 is 2.77 bits per heavy atom. The van der Waals surface area contributed by atoms with E-state index < -0.39 is 5.97 Å². The Morgan fingerprint density at radius 2 is 2.03 bits per heavy atom. The molecule has 0 atom stereocenters. The van der Waals surface area contributed by atoms with E-state index in [2.05, 4.69) is 20.6 Å². The van der Waals surface area contributed by atoms with Crippen LogP contribution in [0.25, 0.3) is 0 Å². The largest absolute Gasteiger partial charge is 0.495 e. The summed E-state index contributed by atoms with van der Waals surface area (Å²) >= 11 is 1.34. The van der Waals surface area contributed by atoms with Crippen LogP contribution in [0.3, 0.4) is 0 Å². The summed E-state index contributed by atoms with van der Waals surface area (Å²) in [5, 5.41) is 8.50. The van der Waals surface area contributed by atoms with Crippen molar-refractivity contribution in [2.75, 3.05) is 17.7 Å². The van der Waals surface area contributed by atoms with Gasteiger partial charge in [-0.25, -0.2) is 14.8 Å². The zero-order valence-corrected chi connectivity index (χ0v) is 17.8. The van der Waals surface area contributed by atoms with Crippen LogP contribution in [0.2, 0.25) is 0 Å². The first-order valence-corrected chi connectivity index (χ1v) is 10.7. The van der Waals surface area contributed by atoms with Gasteiger partial charge in [-0.2, -0.15) is 0 Å². The van der Waals surface area contributed by atoms with Gasteiger partial charge in [0.25, 0.3) is 0 Å². The van der Waals surface area contributed by atoms with Crippen molar-refractivity contribution < 1.29 is 19.1 Å². The molecule has 9 heteroatoms. The third kappa shape index (κ3) is 5.79. The van der Waals surface area contributed by atoms with Crippen LogP contribution in [-0.4, -0.2) is 35.0 Å². The standard InChI is InChI=1S/C22H22N4O4S/c1-29-18-5-3-2-4-17(18)26-20(27)10-21-25-16(13-31-21)12-30-22(28)14-6-9-19(23-11-14)24-15-7-8-15/h2-6,9,11,13,15H,7-8,10,12H2,1H3,(H,23,24)(H,26,27). The van der Waals surface area contributed by atoms with E-state index in [1.807, 2.05) is 12.1 Å². The Hall–Kier alpha value is -3.46. The fourth-order valence-electron chi connectivity index (χ4n) is 2.84. The van der Waals surface area contributed by atoms with Crippen LogP contribution in [0.1, 0.15) is 33.9 Å². The van der Waals surface area contributed by atoms with Gasteiger partial charge in [0, 0.05) is 17.6 Å². The fraction of sp³-hybridized carbons (Fsp3) is 0.273. The number of benzene rings is 1. The van der Waals surface area contributed by atoms with Crippen molar-refractivity contribution in [3.05, 3.63) is 64.2 Å². The number of nitrogens with one attached hydrogen (secondary N) is 2. The molecule has 4 rings (SSSR count). The fourth-order valence-corrected chi connectivity index (χ4v) is 3.61. The number of pyridine rings is 1. The predicted molar refractivity (Wildman–Crippen MR) is 117 cm³/mol. The molecule has 1 aliphatic carbocycles. The molecule has 2 heterocycles. The van der Waals surface area contributed by atoms with Crippen molar-refractivity contribution in [1.82, 2.24) is 9.97 Å². The van der Waals surface area contributed by atoms with Gasteiger partial charge in [-0.05, 0) is 37.1 Å². The van der Waals surface area contributed by atoms with E-state index in [1.165, 1.54) is 17.5 Å². The number of methoxy groups -OCH3 is 1. The lowest BCUT2D eigenvalue weighted by atomic mass is 10.3. The SMILES string of the molecule is COc1ccccc1NC(=O)Cc1nc(COC(=O)c2ccc(NC3CC3)nc2)cs1. The molecule has 1 aromatic carbocycles. The van der Waals surface area contributed by atoms with Crippen LogP contribution >= 0.6 is 11.3 Å². The molecule has 31 heavy (non-hydrogen) atoms. The summed E-state index contributed by atoms with van der Waals surface area (Å²) in [5.41, 5.74) is 1.58. The second-order valence-corrected chi connectivity index (χ2v) is 8.03. The third-order valence-electron chi connectivity index (χ3n) is 4.57. The molecule has 0 radical (unpaired) electrons. The summed E-state index contributed by atoms with van der Waals surface area (Å²) in [5.74, 6) is 0.685. The number of carbonyl (C=O) groups is 2. The minimum Gasteiger partial charge on any atom is -0.495 e. The second-order valence-electron chi connectivity index (χ2n) is 7.08. The number of hydrogen-bond donors (Lipinski definition) is 2. The molecule has 3 aromatic rings. The first kappa shape index (κ1) is 20.8. The highest BCUT2D eigenvalue weighted by Gasteiger charge is 2.21. The molecule has 160 valence electrons. The van der Waals surface area contributed by atoms with Crippen molar-refractivity contribution in [3.63, 3.8) is 0 Å². The van der Waals surface area contributed by atoms with Crippen LogP contribution in [0.5, 0.6) is 5.75 Å². The minimum atomic E-state index is -0.464. The van der Waals surface area contributed by atoms with Gasteiger partial charge in [-0.3, -0.25) is 4.79 Å². The van der Waals surface area contributed by atoms with E-state index in [4.69, 9.17) is 9.47 Å². The van der Waals surface area contributed by atoms with E-state index in [9.17, 15) is 9.59 Å². The van der Waals surface area contributed by atoms with E-state index in [-0.39, 0.29) is 18.9 Å². The molecular weight excluding hydrogens is 416 g/mol. The zero-order chi connectivity index (χ0) is 21.6. The normalized spacial score (nSPS) is 12.8. The lowest BCUT2D eigenvalue weighted by Crippen LogP contribution is -2.15. The molecule has 2 N–H and O–H groups in total. The molecule has 0 bridgehead atoms. The van der Waals surface area contributed by atoms with E-state index in [0.29, 0.717) is 33.7 Å². The van der Waals surface area contributed by atoms with Crippen molar-refractivity contribution in [2.24, 2.45) is 0 Å². The first-order valence-electron chi connectivity index (χ1n) is 9.86. The third-order valence-corrected chi connectivity index (χ3v) is 5.47. The monoisotopic (exact) mass is 438 g/mol. The predicted octanol–water partition coefficient (Wildman–Crippen LogP) is 3.66. The first-order chi connectivity index (χ1) is 15.1. The maximum atomic E-state index is 12.3. The van der Waals surface area contributed by atoms with Crippen LogP contribution in [0, 0.1) is 0 Å². The van der Waals surface area contributed by atoms with Gasteiger partial charge in [0.1, 0.15) is 23.2 Å². The average molecular weight is 439 g/mol. The number of thiazole rings is 1. The average Bonchev–Trinajstić information content (AvgIpc) is 3.49. The summed E-state index contributed by atoms with van der Waals surface area (Å²) in [6.45, 7) is 0.0333. The molecule has 0 unspecified atom stereocenters. The number of para-hydroxylation sites is 2. The number of hydrogen-bond acceptors (Lipinski definition) is 8. The Labute approximate surface area is 183 Å². The summed E-state index contributed by atoms with van der Waals surface area (Å²) < 4.78 is 10.6. The lowest BCUT2D eigenvalue weighted by Gasteiger charge is -2.08. The molecule has 1 saturated carbocycles. The van der Waals surface area contributed by atoms with E-state index >= 15 is 0 Å². The number of rotatable bonds is 9. The van der Waals surface area contributed by atoms with Gasteiger partial charge in [-0.1, -0.05) is 12.1 Å². The van der Waals surface area contributed by atoms with Crippen molar-refractivity contribution in [3.8, 4) is 5.75 Å². The molecule has 0 spiro atoms. The molecule has 1 fully saturated rings. The Balaban J connectivity index is 1.26. The minimum absolute atomic E-state index is 0.0333. The van der Waals surface area contributed by atoms with E-state index in [0.717, 1.165) is 18.7 Å². The van der Waals surface area contributed by atoms with E-state index in [1.54, 1.807) is 36.8 Å². The lowest BCUT2D eigenvalue weighted by molar-refractivity contribution is -0.115. The summed E-state index contributed by atoms with van der Waals surface area (Å²) in [7, 11) is 1.55. The van der Waals surface area contributed by atoms with Gasteiger partial charge in [0.2, 0.25) is 5.91 Å². The maximum Gasteiger partial charge on any atom is 0.340 e. The van der Waals surface area contributed by atoms with Crippen LogP contribution in [0.15, 0.2) is 48.0 Å². The summed E-state index contributed by atoms with van der Waals surface area (Å²) in [4.78, 5) is 33.2. The van der Waals surface area contributed by atoms with Gasteiger partial charge in [0.15, 0.2) is 0 Å². The maximum absolute atomic E-state index is 12.3. The van der Waals surface area contributed by atoms with Crippen molar-refractivity contribution >= 4 is 34.7 Å². The van der Waals surface area contributed by atoms with Gasteiger partial charge in [-0.15, -0.1) is 11.3 Å².